The van der Waals surface area contributed by atoms with Crippen LogP contribution in [0.3, 0.4) is 0 Å². The van der Waals surface area contributed by atoms with Gasteiger partial charge in [-0.05, 0) is 142 Å². The van der Waals surface area contributed by atoms with Crippen molar-refractivity contribution in [3.63, 3.8) is 0 Å². The average Bonchev–Trinajstić information content (AvgIpc) is 1.58. The highest BCUT2D eigenvalue weighted by Crippen LogP contribution is 2.49. The van der Waals surface area contributed by atoms with Gasteiger partial charge in [0.1, 0.15) is 30.4 Å². The van der Waals surface area contributed by atoms with Gasteiger partial charge in [0.05, 0.1) is 41.3 Å². The minimum atomic E-state index is -5.15. The number of anilines is 2. The van der Waals surface area contributed by atoms with Gasteiger partial charge in [-0.1, -0.05) is 91.3 Å². The lowest BCUT2D eigenvalue weighted by molar-refractivity contribution is -0.143. The number of unbranched alkanes of at least 4 members (excludes halogenated alkanes) is 2. The number of likely N-dealkylation sites (N-methyl/N-ethyl adjacent to an activating group) is 2. The van der Waals surface area contributed by atoms with Gasteiger partial charge in [0.15, 0.2) is 0 Å². The zero-order valence-corrected chi connectivity index (χ0v) is 55.9. The molecule has 3 fully saturated rings. The molecular formula is C74H86F7N9O8. The van der Waals surface area contributed by atoms with Crippen LogP contribution in [0.25, 0.3) is 11.1 Å². The molecule has 10 rings (SSSR count). The lowest BCUT2D eigenvalue weighted by Crippen LogP contribution is -2.50. The second kappa shape index (κ2) is 31.6. The zero-order chi connectivity index (χ0) is 69.9. The van der Waals surface area contributed by atoms with Crippen molar-refractivity contribution in [3.05, 3.63) is 185 Å². The molecule has 5 aromatic carbocycles. The van der Waals surface area contributed by atoms with E-state index in [0.29, 0.717) is 113 Å². The number of benzene rings is 5. The number of alkyl halides is 6. The molecule has 0 radical (unpaired) electrons. The zero-order valence-electron chi connectivity index (χ0n) is 55.9. The van der Waals surface area contributed by atoms with Gasteiger partial charge in [0.25, 0.3) is 11.8 Å². The summed E-state index contributed by atoms with van der Waals surface area (Å²) in [6.07, 6.45) is -2.88. The molecule has 3 saturated heterocycles. The van der Waals surface area contributed by atoms with Gasteiger partial charge in [-0.25, -0.2) is 14.2 Å². The number of hydrogen-bond acceptors (Lipinski definition) is 11. The number of pyridine rings is 1. The molecule has 5 amide bonds. The molecule has 24 heteroatoms. The minimum absolute atomic E-state index is 0.0303. The molecule has 0 unspecified atom stereocenters. The second-order valence-electron chi connectivity index (χ2n) is 26.4. The van der Waals surface area contributed by atoms with E-state index in [4.69, 9.17) is 9.47 Å². The molecule has 524 valence electrons. The molecular weight excluding hydrogens is 1280 g/mol. The third-order valence-electron chi connectivity index (χ3n) is 20.1. The number of aromatic nitrogens is 1. The van der Waals surface area contributed by atoms with Gasteiger partial charge in [-0.3, -0.25) is 24.1 Å². The summed E-state index contributed by atoms with van der Waals surface area (Å²) in [6.45, 7) is 5.09. The van der Waals surface area contributed by atoms with E-state index in [1.165, 1.54) is 29.2 Å². The summed E-state index contributed by atoms with van der Waals surface area (Å²) in [5.74, 6) is -1.97. The number of rotatable bonds is 26. The maximum Gasteiger partial charge on any atom is 0.416 e. The Morgan fingerprint density at radius 2 is 1.32 bits per heavy atom. The first-order chi connectivity index (χ1) is 46.8. The normalized spacial score (nSPS) is 18.2. The summed E-state index contributed by atoms with van der Waals surface area (Å²) in [6, 6.07) is 35.2. The number of fused-ring (bicyclic) bond motifs is 2. The smallest absolute Gasteiger partial charge is 0.416 e. The molecule has 4 heterocycles. The molecule has 98 heavy (non-hydrogen) atoms. The van der Waals surface area contributed by atoms with Crippen LogP contribution in [0.1, 0.15) is 113 Å². The molecule has 1 N–H and O–H groups in total. The van der Waals surface area contributed by atoms with E-state index in [0.717, 1.165) is 78.3 Å². The Morgan fingerprint density at radius 1 is 0.673 bits per heavy atom. The van der Waals surface area contributed by atoms with E-state index in [2.05, 4.69) is 31.8 Å². The Balaban J connectivity index is 0.623. The Hall–Kier alpha value is -8.45. The van der Waals surface area contributed by atoms with Gasteiger partial charge in [0, 0.05) is 110 Å². The molecule has 6 aromatic rings. The van der Waals surface area contributed by atoms with Crippen molar-refractivity contribution < 1.29 is 69.3 Å². The predicted molar refractivity (Wildman–Crippen MR) is 358 cm³/mol. The molecule has 0 saturated carbocycles. The summed E-state index contributed by atoms with van der Waals surface area (Å²) in [4.78, 5) is 85.4. The summed E-state index contributed by atoms with van der Waals surface area (Å²) < 4.78 is 110. The fraction of sp³-hybridized carbons (Fsp3) is 0.459. The maximum atomic E-state index is 14.2. The summed E-state index contributed by atoms with van der Waals surface area (Å²) in [5.41, 5.74) is 0.775. The highest BCUT2D eigenvalue weighted by atomic mass is 19.4. The fourth-order valence-electron chi connectivity index (χ4n) is 14.2. The van der Waals surface area contributed by atoms with Crippen LogP contribution in [0.2, 0.25) is 0 Å². The van der Waals surface area contributed by atoms with Crippen LogP contribution >= 0.6 is 0 Å². The minimum Gasteiger partial charge on any atom is -0.465 e. The molecule has 1 spiro atoms. The van der Waals surface area contributed by atoms with E-state index in [1.54, 1.807) is 41.1 Å². The number of halogens is 7. The van der Waals surface area contributed by atoms with Gasteiger partial charge in [-0.15, -0.1) is 0 Å². The number of carboxylic acid groups (broad SMARTS) is 1. The number of likely N-dealkylation sites (tertiary alicyclic amines) is 2. The van der Waals surface area contributed by atoms with Crippen LogP contribution < -0.4 is 9.80 Å². The van der Waals surface area contributed by atoms with E-state index < -0.39 is 64.6 Å². The SMILES string of the molecule is CN(CCN1CCC(N(C(=O)O)c2ccccc2-c2ccccc2)CC1)C(=O)CCCCCN(C)c1ccc(C(=O)N(C)CCCN(C)C(=O)CO[C@H]2Cc3ccccc3C23CCN(CC[C@]2(c4ccc(F)cc4)CN(C(=O)c4cc(C(F)(F)F)cc(C(F)(F)F)c4)CO2)CC3)nc1. The number of piperidine rings is 2. The topological polar surface area (TPSA) is 163 Å². The van der Waals surface area contributed by atoms with Crippen molar-refractivity contribution in [2.24, 2.45) is 0 Å². The van der Waals surface area contributed by atoms with Crippen LogP contribution in [-0.4, -0.2) is 195 Å². The van der Waals surface area contributed by atoms with E-state index in [-0.39, 0.29) is 55.5 Å². The van der Waals surface area contributed by atoms with E-state index in [9.17, 15) is 59.8 Å². The third kappa shape index (κ3) is 17.3. The first kappa shape index (κ1) is 72.3. The highest BCUT2D eigenvalue weighted by Gasteiger charge is 2.50. The monoisotopic (exact) mass is 1360 g/mol. The van der Waals surface area contributed by atoms with Gasteiger partial charge in [-0.2, -0.15) is 26.3 Å². The number of para-hydroxylation sites is 1. The summed E-state index contributed by atoms with van der Waals surface area (Å²) in [5, 5.41) is 10.4. The second-order valence-corrected chi connectivity index (χ2v) is 26.4. The van der Waals surface area contributed by atoms with Gasteiger partial charge in [0.2, 0.25) is 11.8 Å². The average molecular weight is 1360 g/mol. The molecule has 2 atom stereocenters. The number of ether oxygens (including phenoxy) is 2. The summed E-state index contributed by atoms with van der Waals surface area (Å²) in [7, 11) is 7.21. The Kier molecular flexibility index (Phi) is 23.3. The molecule has 17 nitrogen and oxygen atoms in total. The Bertz CT molecular complexity index is 3690. The Morgan fingerprint density at radius 3 is 1.99 bits per heavy atom. The number of hydrogen-bond donors (Lipinski definition) is 1. The molecule has 4 aliphatic rings. The number of nitrogens with zero attached hydrogens (tertiary/aromatic N) is 9. The van der Waals surface area contributed by atoms with Crippen molar-refractivity contribution in [1.82, 2.24) is 34.4 Å². The standard InChI is InChI=1S/C74H86F7N9O8/c1-83(34-14-6-9-22-66(91)85(3)42-43-87-37-29-59(30-38-87)90(70(95)96)64-21-13-11-19-61(64)52-16-7-5-8-17-52)60-27-28-63(82-48-60)69(94)86(4)36-15-35-84(2)67(92)49-97-65-46-53-18-10-12-20-62(53)71(65)31-39-88(40-32-71)41-33-72(55-23-25-58(75)26-24-55)50-89(51-98-72)68(93)54-44-56(73(76,77)78)47-57(45-54)74(79,80)81/h5,7-8,10-13,16-21,23-28,44-45,47-48,59,65H,6,9,14-15,22,29-43,46,49-51H2,1-4H3,(H,95,96)/t65-,72+/m0/s1. The maximum absolute atomic E-state index is 14.2. The first-order valence-electron chi connectivity index (χ1n) is 33.5. The van der Waals surface area contributed by atoms with E-state index >= 15 is 0 Å². The predicted octanol–water partition coefficient (Wildman–Crippen LogP) is 12.3. The van der Waals surface area contributed by atoms with Crippen molar-refractivity contribution in [1.29, 1.82) is 0 Å². The lowest BCUT2D eigenvalue weighted by atomic mass is 9.72. The lowest BCUT2D eigenvalue weighted by Gasteiger charge is -2.44. The van der Waals surface area contributed by atoms with Crippen LogP contribution in [0.5, 0.6) is 0 Å². The molecule has 3 aliphatic heterocycles. The quantitative estimate of drug-likeness (QED) is 0.0405. The largest absolute Gasteiger partial charge is 0.465 e. The number of carbonyl (C=O) groups is 5. The van der Waals surface area contributed by atoms with Gasteiger partial charge >= 0.3 is 18.4 Å². The van der Waals surface area contributed by atoms with Crippen molar-refractivity contribution in [2.75, 3.05) is 123 Å². The number of amides is 5. The fourth-order valence-corrected chi connectivity index (χ4v) is 14.2. The molecule has 1 aromatic heterocycles. The third-order valence-corrected chi connectivity index (χ3v) is 20.1. The van der Waals surface area contributed by atoms with Crippen LogP contribution in [0.15, 0.2) is 140 Å². The van der Waals surface area contributed by atoms with E-state index in [1.807, 2.05) is 86.9 Å². The van der Waals surface area contributed by atoms with Crippen molar-refractivity contribution >= 4 is 41.1 Å². The van der Waals surface area contributed by atoms with Crippen LogP contribution in [-0.2, 0) is 48.9 Å². The first-order valence-corrected chi connectivity index (χ1v) is 33.5. The van der Waals surface area contributed by atoms with Crippen molar-refractivity contribution in [3.8, 4) is 11.1 Å². The van der Waals surface area contributed by atoms with Gasteiger partial charge < -0.3 is 48.9 Å². The highest BCUT2D eigenvalue weighted by molar-refractivity contribution is 5.95. The number of carbonyl (C=O) groups excluding carboxylic acids is 4. The Labute approximate surface area is 567 Å². The summed E-state index contributed by atoms with van der Waals surface area (Å²) >= 11 is 0. The van der Waals surface area contributed by atoms with Crippen LogP contribution in [0.4, 0.5) is 46.9 Å². The van der Waals surface area contributed by atoms with Crippen LogP contribution in [0, 0.1) is 5.82 Å². The molecule has 0 bridgehead atoms. The molecule has 1 aliphatic carbocycles. The van der Waals surface area contributed by atoms with Crippen molar-refractivity contribution in [2.45, 2.75) is 106 Å².